The third kappa shape index (κ3) is 2.13. The van der Waals surface area contributed by atoms with Crippen LogP contribution in [-0.2, 0) is 4.79 Å². The molecule has 0 aromatic carbocycles. The lowest BCUT2D eigenvalue weighted by Crippen LogP contribution is -2.48. The largest absolute Gasteiger partial charge is 0.368 e. The molecule has 0 aliphatic carbocycles. The number of nitrogens with zero attached hydrogens (tertiary/aromatic N) is 3. The van der Waals surface area contributed by atoms with E-state index < -0.39 is 0 Å². The molecular formula is C11H16N4O. The quantitative estimate of drug-likeness (QED) is 0.793. The maximum Gasteiger partial charge on any atom is 0.240 e. The Kier molecular flexibility index (Phi) is 3.03. The summed E-state index contributed by atoms with van der Waals surface area (Å²) in [6, 6.07) is 1.61. The van der Waals surface area contributed by atoms with E-state index in [1.165, 1.54) is 0 Å². The first-order valence-electron chi connectivity index (χ1n) is 5.54. The van der Waals surface area contributed by atoms with E-state index >= 15 is 0 Å². The number of nitrogens with two attached hydrogens (primary N) is 1. The Balaban J connectivity index is 2.26. The minimum Gasteiger partial charge on any atom is -0.368 e. The molecule has 1 amide bonds. The van der Waals surface area contributed by atoms with E-state index in [1.807, 2.05) is 17.9 Å². The fraction of sp³-hybridized carbons (Fsp3) is 0.545. The fourth-order valence-corrected chi connectivity index (χ4v) is 2.11. The zero-order valence-corrected chi connectivity index (χ0v) is 9.39. The molecule has 1 aromatic heterocycles. The second-order valence-electron chi connectivity index (χ2n) is 4.07. The van der Waals surface area contributed by atoms with E-state index in [-0.39, 0.29) is 11.9 Å². The van der Waals surface area contributed by atoms with Crippen LogP contribution in [0.4, 0.5) is 5.82 Å². The number of piperidine rings is 1. The molecule has 2 rings (SSSR count). The molecule has 1 aliphatic rings. The van der Waals surface area contributed by atoms with Crippen molar-refractivity contribution in [2.24, 2.45) is 5.73 Å². The predicted molar refractivity (Wildman–Crippen MR) is 60.9 cm³/mol. The number of carbonyl (C=O) groups is 1. The molecule has 0 radical (unpaired) electrons. The van der Waals surface area contributed by atoms with Crippen molar-refractivity contribution in [2.75, 3.05) is 11.4 Å². The molecule has 1 fully saturated rings. The van der Waals surface area contributed by atoms with Gasteiger partial charge < -0.3 is 10.6 Å². The summed E-state index contributed by atoms with van der Waals surface area (Å²) in [6.07, 6.45) is 4.66. The van der Waals surface area contributed by atoms with Gasteiger partial charge in [0.2, 0.25) is 5.91 Å². The Hall–Kier alpha value is -1.65. The molecule has 0 bridgehead atoms. The summed E-state index contributed by atoms with van der Waals surface area (Å²) in [5, 5.41) is 0. The van der Waals surface area contributed by atoms with Gasteiger partial charge in [0.25, 0.3) is 0 Å². The molecule has 1 atom stereocenters. The zero-order valence-electron chi connectivity index (χ0n) is 9.39. The zero-order chi connectivity index (χ0) is 11.5. The van der Waals surface area contributed by atoms with E-state index in [1.54, 1.807) is 6.20 Å². The van der Waals surface area contributed by atoms with Gasteiger partial charge in [0, 0.05) is 12.7 Å². The van der Waals surface area contributed by atoms with E-state index in [0.717, 1.165) is 31.6 Å². The minimum atomic E-state index is -0.268. The Morgan fingerprint density at radius 3 is 3.06 bits per heavy atom. The fourth-order valence-electron chi connectivity index (χ4n) is 2.11. The highest BCUT2D eigenvalue weighted by Gasteiger charge is 2.27. The maximum atomic E-state index is 11.4. The van der Waals surface area contributed by atoms with E-state index in [0.29, 0.717) is 5.82 Å². The smallest absolute Gasteiger partial charge is 0.240 e. The molecule has 1 aliphatic heterocycles. The van der Waals surface area contributed by atoms with Gasteiger partial charge in [-0.2, -0.15) is 0 Å². The van der Waals surface area contributed by atoms with Crippen molar-refractivity contribution in [3.05, 3.63) is 18.1 Å². The molecule has 86 valence electrons. The number of rotatable bonds is 2. The van der Waals surface area contributed by atoms with Crippen molar-refractivity contribution in [3.8, 4) is 0 Å². The molecule has 2 heterocycles. The minimum absolute atomic E-state index is 0.219. The lowest BCUT2D eigenvalue weighted by molar-refractivity contribution is -0.119. The summed E-state index contributed by atoms with van der Waals surface area (Å²) in [7, 11) is 0. The maximum absolute atomic E-state index is 11.4. The summed E-state index contributed by atoms with van der Waals surface area (Å²) in [5.74, 6) is 1.25. The number of anilines is 1. The normalized spacial score (nSPS) is 20.8. The van der Waals surface area contributed by atoms with Crippen LogP contribution < -0.4 is 10.6 Å². The molecule has 1 saturated heterocycles. The highest BCUT2D eigenvalue weighted by atomic mass is 16.1. The number of aryl methyl sites for hydroxylation is 1. The van der Waals surface area contributed by atoms with Crippen molar-refractivity contribution >= 4 is 11.7 Å². The first kappa shape index (κ1) is 10.9. The van der Waals surface area contributed by atoms with Gasteiger partial charge in [0.05, 0.1) is 0 Å². The number of hydrogen-bond acceptors (Lipinski definition) is 4. The van der Waals surface area contributed by atoms with Gasteiger partial charge >= 0.3 is 0 Å². The average Bonchev–Trinajstić information content (AvgIpc) is 2.29. The second-order valence-corrected chi connectivity index (χ2v) is 4.07. The highest BCUT2D eigenvalue weighted by Crippen LogP contribution is 2.22. The van der Waals surface area contributed by atoms with E-state index in [4.69, 9.17) is 5.73 Å². The number of hydrogen-bond donors (Lipinski definition) is 1. The Morgan fingerprint density at radius 1 is 1.56 bits per heavy atom. The molecule has 0 spiro atoms. The second kappa shape index (κ2) is 4.47. The van der Waals surface area contributed by atoms with Crippen LogP contribution in [0.2, 0.25) is 0 Å². The third-order valence-electron chi connectivity index (χ3n) is 2.89. The van der Waals surface area contributed by atoms with Gasteiger partial charge in [-0.1, -0.05) is 0 Å². The van der Waals surface area contributed by atoms with Gasteiger partial charge in [0.1, 0.15) is 17.7 Å². The van der Waals surface area contributed by atoms with Crippen molar-refractivity contribution in [2.45, 2.75) is 32.2 Å². The van der Waals surface area contributed by atoms with Crippen LogP contribution in [0.3, 0.4) is 0 Å². The molecule has 5 heteroatoms. The van der Waals surface area contributed by atoms with E-state index in [2.05, 4.69) is 9.97 Å². The molecule has 16 heavy (non-hydrogen) atoms. The standard InChI is InChI=1S/C11H16N4O/c1-8-13-6-5-10(14-8)15-7-3-2-4-9(15)11(12)16/h5-6,9H,2-4,7H2,1H3,(H2,12,16). The van der Waals surface area contributed by atoms with Crippen LogP contribution in [-0.4, -0.2) is 28.5 Å². The monoisotopic (exact) mass is 220 g/mol. The lowest BCUT2D eigenvalue weighted by atomic mass is 10.0. The van der Waals surface area contributed by atoms with Crippen LogP contribution in [0.1, 0.15) is 25.1 Å². The average molecular weight is 220 g/mol. The molecule has 1 aromatic rings. The Morgan fingerprint density at radius 2 is 2.38 bits per heavy atom. The summed E-state index contributed by atoms with van der Waals surface area (Å²) in [6.45, 7) is 2.68. The number of amides is 1. The number of carbonyl (C=O) groups excluding carboxylic acids is 1. The van der Waals surface area contributed by atoms with Crippen LogP contribution in [0, 0.1) is 6.92 Å². The van der Waals surface area contributed by atoms with Crippen LogP contribution >= 0.6 is 0 Å². The van der Waals surface area contributed by atoms with Gasteiger partial charge in [-0.05, 0) is 32.3 Å². The Labute approximate surface area is 94.7 Å². The molecule has 2 N–H and O–H groups in total. The van der Waals surface area contributed by atoms with Gasteiger partial charge in [-0.25, -0.2) is 9.97 Å². The molecule has 5 nitrogen and oxygen atoms in total. The van der Waals surface area contributed by atoms with Gasteiger partial charge in [0.15, 0.2) is 0 Å². The SMILES string of the molecule is Cc1nccc(N2CCCCC2C(N)=O)n1. The summed E-state index contributed by atoms with van der Waals surface area (Å²) >= 11 is 0. The van der Waals surface area contributed by atoms with Gasteiger partial charge in [-0.15, -0.1) is 0 Å². The van der Waals surface area contributed by atoms with Crippen LogP contribution in [0.25, 0.3) is 0 Å². The number of aromatic nitrogens is 2. The van der Waals surface area contributed by atoms with E-state index in [9.17, 15) is 4.79 Å². The third-order valence-corrected chi connectivity index (χ3v) is 2.89. The van der Waals surface area contributed by atoms with Crippen molar-refractivity contribution in [3.63, 3.8) is 0 Å². The van der Waals surface area contributed by atoms with Gasteiger partial charge in [-0.3, -0.25) is 4.79 Å². The van der Waals surface area contributed by atoms with Crippen molar-refractivity contribution in [1.29, 1.82) is 0 Å². The molecule has 0 saturated carbocycles. The predicted octanol–water partition coefficient (Wildman–Crippen LogP) is 0.629. The van der Waals surface area contributed by atoms with Crippen molar-refractivity contribution in [1.82, 2.24) is 9.97 Å². The number of primary amides is 1. The highest BCUT2D eigenvalue weighted by molar-refractivity contribution is 5.83. The summed E-state index contributed by atoms with van der Waals surface area (Å²) in [4.78, 5) is 21.7. The lowest BCUT2D eigenvalue weighted by Gasteiger charge is -2.34. The van der Waals surface area contributed by atoms with Crippen LogP contribution in [0.15, 0.2) is 12.3 Å². The Bertz CT molecular complexity index is 393. The first-order valence-corrected chi connectivity index (χ1v) is 5.54. The van der Waals surface area contributed by atoms with Crippen LogP contribution in [0.5, 0.6) is 0 Å². The summed E-state index contributed by atoms with van der Waals surface area (Å²) in [5.41, 5.74) is 5.41. The molecular weight excluding hydrogens is 204 g/mol. The molecule has 1 unspecified atom stereocenters. The first-order chi connectivity index (χ1) is 7.68. The topological polar surface area (TPSA) is 72.1 Å². The summed E-state index contributed by atoms with van der Waals surface area (Å²) < 4.78 is 0. The van der Waals surface area contributed by atoms with Crippen molar-refractivity contribution < 1.29 is 4.79 Å².